The van der Waals surface area contributed by atoms with Crippen molar-refractivity contribution in [3.63, 3.8) is 0 Å². The highest BCUT2D eigenvalue weighted by molar-refractivity contribution is 6.29. The average molecular weight is 205 g/mol. The van der Waals surface area contributed by atoms with Crippen LogP contribution in [0.5, 0.6) is 0 Å². The van der Waals surface area contributed by atoms with Crippen LogP contribution < -0.4 is 5.32 Å². The van der Waals surface area contributed by atoms with Gasteiger partial charge >= 0.3 is 0 Å². The number of carbonyl (C=O) groups is 2. The molecule has 0 fully saturated rings. The van der Waals surface area contributed by atoms with Gasteiger partial charge < -0.3 is 5.32 Å². The van der Waals surface area contributed by atoms with E-state index in [4.69, 9.17) is 0 Å². The van der Waals surface area contributed by atoms with Gasteiger partial charge in [0.05, 0.1) is 0 Å². The van der Waals surface area contributed by atoms with Gasteiger partial charge in [-0.2, -0.15) is 0 Å². The number of ketones is 2. The number of nitrogens with one attached hydrogen (secondary N) is 1. The van der Waals surface area contributed by atoms with Crippen LogP contribution in [0.3, 0.4) is 0 Å². The zero-order valence-electron chi connectivity index (χ0n) is 9.20. The molecule has 0 saturated carbocycles. The number of likely N-dealkylation sites (N-methyl/N-ethyl adjacent to an activating group) is 1. The predicted octanol–water partition coefficient (Wildman–Crippen LogP) is 1.68. The molecule has 0 aromatic heterocycles. The summed E-state index contributed by atoms with van der Waals surface area (Å²) in [7, 11) is 1.62. The van der Waals surface area contributed by atoms with E-state index in [0.29, 0.717) is 11.1 Å². The topological polar surface area (TPSA) is 46.2 Å². The summed E-state index contributed by atoms with van der Waals surface area (Å²) in [6.07, 6.45) is 0. The zero-order chi connectivity index (χ0) is 11.4. The van der Waals surface area contributed by atoms with E-state index in [1.165, 1.54) is 0 Å². The molecule has 0 heterocycles. The van der Waals surface area contributed by atoms with Crippen molar-refractivity contribution < 1.29 is 9.59 Å². The van der Waals surface area contributed by atoms with E-state index in [9.17, 15) is 9.59 Å². The maximum atomic E-state index is 11.6. The first-order valence-electron chi connectivity index (χ1n) is 5.10. The average Bonchev–Trinajstić information content (AvgIpc) is 2.55. The van der Waals surface area contributed by atoms with E-state index in [-0.39, 0.29) is 11.6 Å². The normalized spacial score (nSPS) is 14.6. The molecule has 0 saturated heterocycles. The van der Waals surface area contributed by atoms with Crippen molar-refractivity contribution in [3.8, 4) is 0 Å². The maximum Gasteiger partial charge on any atom is 0.188 e. The number of hydrogen-bond donors (Lipinski definition) is 1. The fourth-order valence-corrected chi connectivity index (χ4v) is 1.61. The van der Waals surface area contributed by atoms with Crippen molar-refractivity contribution in [2.75, 3.05) is 7.05 Å². The van der Waals surface area contributed by atoms with Gasteiger partial charge in [0.15, 0.2) is 11.6 Å². The Morgan fingerprint density at radius 2 is 1.40 bits per heavy atom. The van der Waals surface area contributed by atoms with E-state index < -0.39 is 6.04 Å². The number of carbonyl (C=O) groups excluding carboxylic acids is 2. The minimum atomic E-state index is -0.669. The van der Waals surface area contributed by atoms with Crippen LogP contribution in [0.25, 0.3) is 0 Å². The van der Waals surface area contributed by atoms with Gasteiger partial charge in [-0.05, 0) is 7.05 Å². The molecule has 0 radical (unpaired) electrons. The summed E-state index contributed by atoms with van der Waals surface area (Å²) in [6.45, 7) is 4.00. The van der Waals surface area contributed by atoms with Crippen molar-refractivity contribution in [2.45, 2.75) is 19.9 Å². The van der Waals surface area contributed by atoms with E-state index in [0.717, 1.165) is 0 Å². The lowest BCUT2D eigenvalue weighted by Gasteiger charge is -2.01. The number of hydrogen-bond acceptors (Lipinski definition) is 3. The van der Waals surface area contributed by atoms with Gasteiger partial charge in [0.25, 0.3) is 0 Å². The molecule has 3 heteroatoms. The van der Waals surface area contributed by atoms with Crippen LogP contribution in [0, 0.1) is 0 Å². The highest BCUT2D eigenvalue weighted by Crippen LogP contribution is 2.21. The summed E-state index contributed by atoms with van der Waals surface area (Å²) in [6, 6.07) is 6.24. The molecular weight excluding hydrogens is 190 g/mol. The Morgan fingerprint density at radius 3 is 1.73 bits per heavy atom. The first-order valence-corrected chi connectivity index (χ1v) is 5.10. The Balaban J connectivity index is 0.000000531. The summed E-state index contributed by atoms with van der Waals surface area (Å²) >= 11 is 0. The molecule has 1 aliphatic carbocycles. The van der Waals surface area contributed by atoms with Gasteiger partial charge in [-0.15, -0.1) is 0 Å². The number of Topliss-reactive ketones (excluding diaryl/α,β-unsaturated/α-hetero) is 2. The van der Waals surface area contributed by atoms with Crippen molar-refractivity contribution in [2.24, 2.45) is 0 Å². The van der Waals surface area contributed by atoms with Gasteiger partial charge in [0, 0.05) is 11.1 Å². The van der Waals surface area contributed by atoms with Gasteiger partial charge in [0.2, 0.25) is 0 Å². The molecule has 1 N–H and O–H groups in total. The fraction of sp³-hybridized carbons (Fsp3) is 0.333. The minimum Gasteiger partial charge on any atom is -0.304 e. The lowest BCUT2D eigenvalue weighted by Crippen LogP contribution is -2.35. The van der Waals surface area contributed by atoms with E-state index in [1.54, 1.807) is 31.3 Å². The van der Waals surface area contributed by atoms with Gasteiger partial charge in [-0.25, -0.2) is 0 Å². The lowest BCUT2D eigenvalue weighted by atomic mass is 10.1. The van der Waals surface area contributed by atoms with Crippen LogP contribution >= 0.6 is 0 Å². The van der Waals surface area contributed by atoms with Crippen LogP contribution in [0.15, 0.2) is 24.3 Å². The molecule has 0 unspecified atom stereocenters. The van der Waals surface area contributed by atoms with Crippen molar-refractivity contribution in [3.05, 3.63) is 35.4 Å². The van der Waals surface area contributed by atoms with Crippen LogP contribution in [0.4, 0.5) is 0 Å². The molecular formula is C12H15NO2. The molecule has 0 amide bonds. The summed E-state index contributed by atoms with van der Waals surface area (Å²) in [5.74, 6) is -0.244. The van der Waals surface area contributed by atoms with E-state index in [2.05, 4.69) is 5.32 Å². The Morgan fingerprint density at radius 1 is 1.00 bits per heavy atom. The van der Waals surface area contributed by atoms with Crippen molar-refractivity contribution in [1.29, 1.82) is 0 Å². The first-order chi connectivity index (χ1) is 7.25. The second kappa shape index (κ2) is 4.84. The molecule has 1 aromatic carbocycles. The highest BCUT2D eigenvalue weighted by atomic mass is 16.2. The Labute approximate surface area is 89.5 Å². The monoisotopic (exact) mass is 205 g/mol. The van der Waals surface area contributed by atoms with Crippen molar-refractivity contribution in [1.82, 2.24) is 5.32 Å². The van der Waals surface area contributed by atoms with Crippen molar-refractivity contribution >= 4 is 11.6 Å². The molecule has 0 bridgehead atoms. The summed E-state index contributed by atoms with van der Waals surface area (Å²) in [4.78, 5) is 23.1. The van der Waals surface area contributed by atoms with Crippen LogP contribution in [-0.2, 0) is 0 Å². The second-order valence-electron chi connectivity index (χ2n) is 3.00. The fourth-order valence-electron chi connectivity index (χ4n) is 1.61. The zero-order valence-corrected chi connectivity index (χ0v) is 9.20. The Kier molecular flexibility index (Phi) is 3.74. The summed E-state index contributed by atoms with van der Waals surface area (Å²) < 4.78 is 0. The third-order valence-corrected chi connectivity index (χ3v) is 2.27. The first kappa shape index (κ1) is 11.6. The predicted molar refractivity (Wildman–Crippen MR) is 59.3 cm³/mol. The minimum absolute atomic E-state index is 0.122. The summed E-state index contributed by atoms with van der Waals surface area (Å²) in [5, 5.41) is 2.71. The SMILES string of the molecule is CC.CNC1C(=O)c2ccccc2C1=O. The third kappa shape index (κ3) is 1.83. The van der Waals surface area contributed by atoms with Gasteiger partial charge in [0.1, 0.15) is 6.04 Å². The Hall–Kier alpha value is -1.48. The molecule has 0 aliphatic heterocycles. The molecule has 0 spiro atoms. The smallest absolute Gasteiger partial charge is 0.188 e. The second-order valence-corrected chi connectivity index (χ2v) is 3.00. The number of rotatable bonds is 1. The highest BCUT2D eigenvalue weighted by Gasteiger charge is 2.36. The molecule has 2 rings (SSSR count). The quantitative estimate of drug-likeness (QED) is 0.709. The Bertz CT molecular complexity index is 350. The van der Waals surface area contributed by atoms with E-state index >= 15 is 0 Å². The molecule has 3 nitrogen and oxygen atoms in total. The molecule has 0 atom stereocenters. The number of fused-ring (bicyclic) bond motifs is 1. The van der Waals surface area contributed by atoms with Crippen LogP contribution in [-0.4, -0.2) is 24.7 Å². The standard InChI is InChI=1S/C10H9NO2.C2H6/c1-11-8-9(12)6-4-2-3-5-7(6)10(8)13;1-2/h2-5,8,11H,1H3;1-2H3. The lowest BCUT2D eigenvalue weighted by molar-refractivity contribution is 0.0874. The van der Waals surface area contributed by atoms with Crippen LogP contribution in [0.2, 0.25) is 0 Å². The third-order valence-electron chi connectivity index (χ3n) is 2.27. The van der Waals surface area contributed by atoms with Gasteiger partial charge in [-0.1, -0.05) is 38.1 Å². The summed E-state index contributed by atoms with van der Waals surface area (Å²) in [5.41, 5.74) is 1.07. The molecule has 15 heavy (non-hydrogen) atoms. The maximum absolute atomic E-state index is 11.6. The molecule has 80 valence electrons. The largest absolute Gasteiger partial charge is 0.304 e. The van der Waals surface area contributed by atoms with E-state index in [1.807, 2.05) is 13.8 Å². The van der Waals surface area contributed by atoms with Gasteiger partial charge in [-0.3, -0.25) is 9.59 Å². The number of benzene rings is 1. The molecule has 1 aromatic rings. The molecule has 1 aliphatic rings. The van der Waals surface area contributed by atoms with Crippen LogP contribution in [0.1, 0.15) is 34.6 Å².